The summed E-state index contributed by atoms with van der Waals surface area (Å²) in [6.45, 7) is 4.14. The summed E-state index contributed by atoms with van der Waals surface area (Å²) in [7, 11) is 0. The Balaban J connectivity index is 3.34. The van der Waals surface area contributed by atoms with Gasteiger partial charge < -0.3 is 5.11 Å². The van der Waals surface area contributed by atoms with Crippen LogP contribution in [0.5, 0.6) is 0 Å². The summed E-state index contributed by atoms with van der Waals surface area (Å²) in [5.41, 5.74) is 0.859. The fourth-order valence-corrected chi connectivity index (χ4v) is 0.552. The highest BCUT2D eigenvalue weighted by molar-refractivity contribution is 5.33. The molecule has 0 heterocycles. The highest BCUT2D eigenvalue weighted by Crippen LogP contribution is 2.00. The largest absolute Gasteiger partial charge is 0.396 e. The monoisotopic (exact) mass is 141 g/mol. The van der Waals surface area contributed by atoms with Gasteiger partial charge in [0.1, 0.15) is 0 Å². The van der Waals surface area contributed by atoms with Crippen LogP contribution >= 0.6 is 0 Å². The van der Waals surface area contributed by atoms with E-state index in [-0.39, 0.29) is 6.61 Å². The molecule has 0 aromatic rings. The maximum absolute atomic E-state index is 9.60. The van der Waals surface area contributed by atoms with Crippen LogP contribution in [0.25, 0.3) is 0 Å². The Labute approximate surface area is 60.1 Å². The maximum Gasteiger partial charge on any atom is 0.235 e. The third kappa shape index (κ3) is 5.22. The number of aliphatic hydroxyl groups excluding tert-OH is 1. The molecule has 0 fully saturated rings. The summed E-state index contributed by atoms with van der Waals surface area (Å²) in [5.74, 6) is 0. The molecule has 0 radical (unpaired) electrons. The van der Waals surface area contributed by atoms with Crippen molar-refractivity contribution in [2.75, 3.05) is 13.2 Å². The van der Waals surface area contributed by atoms with Gasteiger partial charge in [0.05, 0.1) is 6.54 Å². The van der Waals surface area contributed by atoms with E-state index in [1.807, 2.05) is 0 Å². The van der Waals surface area contributed by atoms with Crippen molar-refractivity contribution in [1.82, 2.24) is 0 Å². The molecule has 0 rings (SSSR count). The molecule has 56 valence electrons. The number of aliphatic hydroxyl groups is 1. The van der Waals surface area contributed by atoms with Gasteiger partial charge in [-0.3, -0.25) is 0 Å². The summed E-state index contributed by atoms with van der Waals surface area (Å²) < 4.78 is 0. The van der Waals surface area contributed by atoms with E-state index < -0.39 is 0 Å². The normalized spacial score (nSPS) is 8.50. The van der Waals surface area contributed by atoms with Gasteiger partial charge in [-0.1, -0.05) is 12.2 Å². The predicted molar refractivity (Wildman–Crippen MR) is 38.4 cm³/mol. The molecule has 0 aromatic carbocycles. The first-order valence-corrected chi connectivity index (χ1v) is 3.12. The average molecular weight is 141 g/mol. The predicted octanol–water partition coefficient (Wildman–Crippen LogP) is 0.651. The van der Waals surface area contributed by atoms with E-state index in [4.69, 9.17) is 5.11 Å². The second-order valence-corrected chi connectivity index (χ2v) is 1.98. The second-order valence-electron chi connectivity index (χ2n) is 1.98. The van der Waals surface area contributed by atoms with Gasteiger partial charge in [-0.25, -0.2) is 9.79 Å². The van der Waals surface area contributed by atoms with Gasteiger partial charge in [0.2, 0.25) is 6.08 Å². The summed E-state index contributed by atoms with van der Waals surface area (Å²) >= 11 is 0. The van der Waals surface area contributed by atoms with E-state index in [0.29, 0.717) is 13.0 Å². The third-order valence-corrected chi connectivity index (χ3v) is 1.06. The minimum Gasteiger partial charge on any atom is -0.396 e. The molecule has 0 atom stereocenters. The molecule has 10 heavy (non-hydrogen) atoms. The average Bonchev–Trinajstić information content (AvgIpc) is 1.97. The summed E-state index contributed by atoms with van der Waals surface area (Å²) in [6.07, 6.45) is 2.84. The van der Waals surface area contributed by atoms with Gasteiger partial charge in [0, 0.05) is 6.61 Å². The lowest BCUT2D eigenvalue weighted by molar-refractivity contribution is 0.288. The molecule has 0 aliphatic heterocycles. The van der Waals surface area contributed by atoms with Gasteiger partial charge in [0.15, 0.2) is 0 Å². The lowest BCUT2D eigenvalue weighted by Gasteiger charge is -1.96. The molecule has 3 heteroatoms. The van der Waals surface area contributed by atoms with Crippen LogP contribution in [-0.2, 0) is 4.79 Å². The van der Waals surface area contributed by atoms with E-state index in [9.17, 15) is 4.79 Å². The highest BCUT2D eigenvalue weighted by Gasteiger charge is 1.90. The van der Waals surface area contributed by atoms with E-state index >= 15 is 0 Å². The van der Waals surface area contributed by atoms with E-state index in [1.165, 1.54) is 6.08 Å². The topological polar surface area (TPSA) is 49.7 Å². The number of rotatable bonds is 5. The van der Waals surface area contributed by atoms with Crippen molar-refractivity contribution in [3.05, 3.63) is 12.2 Å². The Hall–Kier alpha value is -0.920. The minimum atomic E-state index is 0.157. The van der Waals surface area contributed by atoms with Crippen molar-refractivity contribution in [2.24, 2.45) is 4.99 Å². The molecule has 0 saturated carbocycles. The number of hydrogen-bond donors (Lipinski definition) is 1. The van der Waals surface area contributed by atoms with E-state index in [1.54, 1.807) is 0 Å². The third-order valence-electron chi connectivity index (χ3n) is 1.06. The molecule has 0 bridgehead atoms. The smallest absolute Gasteiger partial charge is 0.235 e. The van der Waals surface area contributed by atoms with Crippen LogP contribution < -0.4 is 0 Å². The Morgan fingerprint density at radius 2 is 2.40 bits per heavy atom. The van der Waals surface area contributed by atoms with Crippen LogP contribution in [-0.4, -0.2) is 24.3 Å². The van der Waals surface area contributed by atoms with E-state index in [2.05, 4.69) is 11.6 Å². The van der Waals surface area contributed by atoms with Crippen LogP contribution in [0.15, 0.2) is 17.1 Å². The SMILES string of the molecule is C=C(CCCO)CN=C=O. The molecule has 0 saturated heterocycles. The molecule has 1 N–H and O–H groups in total. The van der Waals surface area contributed by atoms with Crippen LogP contribution in [0, 0.1) is 0 Å². The van der Waals surface area contributed by atoms with Crippen molar-refractivity contribution in [2.45, 2.75) is 12.8 Å². The van der Waals surface area contributed by atoms with Crippen LogP contribution in [0.2, 0.25) is 0 Å². The number of nitrogens with zero attached hydrogens (tertiary/aromatic N) is 1. The van der Waals surface area contributed by atoms with Crippen LogP contribution in [0.1, 0.15) is 12.8 Å². The van der Waals surface area contributed by atoms with Crippen LogP contribution in [0.3, 0.4) is 0 Å². The minimum absolute atomic E-state index is 0.157. The Bertz CT molecular complexity index is 148. The number of hydrogen-bond acceptors (Lipinski definition) is 3. The lowest BCUT2D eigenvalue weighted by Crippen LogP contribution is -1.89. The number of aliphatic imine (C=N–C) groups is 1. The zero-order valence-corrected chi connectivity index (χ0v) is 5.84. The Kier molecular flexibility index (Phi) is 5.63. The van der Waals surface area contributed by atoms with Crippen molar-refractivity contribution in [3.8, 4) is 0 Å². The lowest BCUT2D eigenvalue weighted by atomic mass is 10.2. The van der Waals surface area contributed by atoms with Gasteiger partial charge in [0.25, 0.3) is 0 Å². The standard InChI is InChI=1S/C7H11NO2/c1-7(3-2-4-9)5-8-6-10/h9H,1-5H2. The Morgan fingerprint density at radius 1 is 1.70 bits per heavy atom. The zero-order valence-electron chi connectivity index (χ0n) is 5.84. The van der Waals surface area contributed by atoms with Gasteiger partial charge in [-0.05, 0) is 12.8 Å². The molecule has 0 amide bonds. The second kappa shape index (κ2) is 6.20. The fraction of sp³-hybridized carbons (Fsp3) is 0.571. The number of carbonyl (C=O) groups excluding carboxylic acids is 1. The molecule has 3 nitrogen and oxygen atoms in total. The molecular formula is C7H11NO2. The van der Waals surface area contributed by atoms with Gasteiger partial charge >= 0.3 is 0 Å². The van der Waals surface area contributed by atoms with Gasteiger partial charge in [-0.15, -0.1) is 0 Å². The first-order chi connectivity index (χ1) is 4.81. The van der Waals surface area contributed by atoms with Crippen molar-refractivity contribution >= 4 is 6.08 Å². The molecule has 0 aromatic heterocycles. The number of isocyanates is 1. The Morgan fingerprint density at radius 3 is 2.90 bits per heavy atom. The molecule has 0 aliphatic carbocycles. The maximum atomic E-state index is 9.60. The van der Waals surface area contributed by atoms with E-state index in [0.717, 1.165) is 12.0 Å². The summed E-state index contributed by atoms with van der Waals surface area (Å²) in [6, 6.07) is 0. The molecule has 0 aliphatic rings. The van der Waals surface area contributed by atoms with Crippen molar-refractivity contribution in [1.29, 1.82) is 0 Å². The quantitative estimate of drug-likeness (QED) is 0.347. The fourth-order valence-electron chi connectivity index (χ4n) is 0.552. The molecule has 0 spiro atoms. The first kappa shape index (κ1) is 9.08. The summed E-state index contributed by atoms with van der Waals surface area (Å²) in [4.78, 5) is 12.9. The van der Waals surface area contributed by atoms with Crippen molar-refractivity contribution in [3.63, 3.8) is 0 Å². The van der Waals surface area contributed by atoms with Crippen LogP contribution in [0.4, 0.5) is 0 Å². The zero-order chi connectivity index (χ0) is 7.82. The summed E-state index contributed by atoms with van der Waals surface area (Å²) in [5, 5.41) is 8.39. The first-order valence-electron chi connectivity index (χ1n) is 3.12. The van der Waals surface area contributed by atoms with Crippen molar-refractivity contribution < 1.29 is 9.90 Å². The van der Waals surface area contributed by atoms with Gasteiger partial charge in [-0.2, -0.15) is 0 Å². The highest BCUT2D eigenvalue weighted by atomic mass is 16.2. The molecule has 0 unspecified atom stereocenters. The molecular weight excluding hydrogens is 130 g/mol.